The molecule has 0 saturated carbocycles. The van der Waals surface area contributed by atoms with Crippen LogP contribution in [0.1, 0.15) is 444 Å². The standard InChI is InChI=1S/C79H153NO5/c1-3-5-7-9-11-13-15-17-19-21-23-24-32-36-39-43-47-51-55-59-63-67-71-77(82)76(75-81)80-78(83)72-68-64-60-56-52-48-44-40-37-33-30-28-26-25-27-29-31-34-38-42-46-50-54-58-62-66-70-74-85-79(84)73-69-65-61-57-53-49-45-41-35-22-20-18-16-14-12-10-8-6-4-2/h25-26,67,71,76-77,81-82H,3-24,27-66,68-70,72-75H2,1-2H3,(H,80,83)/b26-25-,71-67+. The topological polar surface area (TPSA) is 95.9 Å². The van der Waals surface area contributed by atoms with Crippen molar-refractivity contribution in [2.45, 2.75) is 456 Å². The molecule has 0 aliphatic rings. The van der Waals surface area contributed by atoms with Gasteiger partial charge < -0.3 is 20.3 Å². The van der Waals surface area contributed by atoms with Gasteiger partial charge in [-0.15, -0.1) is 0 Å². The second kappa shape index (κ2) is 74.8. The SMILES string of the molecule is CCCCCCCCCCCCCCCCCCCCCC/C=C/C(O)C(CO)NC(=O)CCCCCCCCCCCCC/C=C\CCCCCCCCCCCCCCOC(=O)CCCCCCCCCCCCCCCCCCCCC. The van der Waals surface area contributed by atoms with Gasteiger partial charge >= 0.3 is 5.97 Å². The zero-order chi connectivity index (χ0) is 61.3. The van der Waals surface area contributed by atoms with E-state index in [0.717, 1.165) is 38.5 Å². The van der Waals surface area contributed by atoms with E-state index in [4.69, 9.17) is 4.74 Å². The number of hydrogen-bond donors (Lipinski definition) is 3. The monoisotopic (exact) mass is 1200 g/mol. The van der Waals surface area contributed by atoms with E-state index in [9.17, 15) is 19.8 Å². The maximum Gasteiger partial charge on any atom is 0.305 e. The van der Waals surface area contributed by atoms with Crippen LogP contribution in [-0.2, 0) is 14.3 Å². The zero-order valence-corrected chi connectivity index (χ0v) is 57.9. The molecule has 0 aromatic heterocycles. The number of rotatable bonds is 74. The second-order valence-corrected chi connectivity index (χ2v) is 27.0. The van der Waals surface area contributed by atoms with Crippen LogP contribution >= 0.6 is 0 Å². The highest BCUT2D eigenvalue weighted by atomic mass is 16.5. The molecule has 1 amide bonds. The van der Waals surface area contributed by atoms with Crippen LogP contribution in [0.5, 0.6) is 0 Å². The number of allylic oxidation sites excluding steroid dienone is 3. The molecule has 0 spiro atoms. The summed E-state index contributed by atoms with van der Waals surface area (Å²) in [5.74, 6) is -0.0433. The lowest BCUT2D eigenvalue weighted by molar-refractivity contribution is -0.143. The van der Waals surface area contributed by atoms with Crippen molar-refractivity contribution in [1.82, 2.24) is 5.32 Å². The maximum atomic E-state index is 12.5. The summed E-state index contributed by atoms with van der Waals surface area (Å²) in [5.41, 5.74) is 0. The lowest BCUT2D eigenvalue weighted by Gasteiger charge is -2.20. The van der Waals surface area contributed by atoms with Gasteiger partial charge in [-0.25, -0.2) is 0 Å². The molecule has 0 heterocycles. The molecule has 0 bridgehead atoms. The lowest BCUT2D eigenvalue weighted by Crippen LogP contribution is -2.45. The Balaban J connectivity index is 3.38. The number of carbonyl (C=O) groups is 2. The van der Waals surface area contributed by atoms with Gasteiger partial charge in [0.1, 0.15) is 0 Å². The van der Waals surface area contributed by atoms with Gasteiger partial charge in [-0.1, -0.05) is 398 Å². The number of ether oxygens (including phenoxy) is 1. The quantitative estimate of drug-likeness (QED) is 0.0320. The van der Waals surface area contributed by atoms with Crippen molar-refractivity contribution in [3.8, 4) is 0 Å². The molecule has 0 radical (unpaired) electrons. The fourth-order valence-corrected chi connectivity index (χ4v) is 12.5. The Morgan fingerprint density at radius 2 is 0.553 bits per heavy atom. The van der Waals surface area contributed by atoms with Crippen LogP contribution in [0.4, 0.5) is 0 Å². The summed E-state index contributed by atoms with van der Waals surface area (Å²) in [6, 6.07) is -0.630. The summed E-state index contributed by atoms with van der Waals surface area (Å²) >= 11 is 0. The minimum Gasteiger partial charge on any atom is -0.466 e. The zero-order valence-electron chi connectivity index (χ0n) is 57.9. The van der Waals surface area contributed by atoms with Crippen LogP contribution in [-0.4, -0.2) is 47.4 Å². The number of unbranched alkanes of at least 4 members (excludes halogenated alkanes) is 61. The van der Waals surface area contributed by atoms with Crippen molar-refractivity contribution in [3.63, 3.8) is 0 Å². The Kier molecular flexibility index (Phi) is 73.3. The first-order chi connectivity index (χ1) is 42.0. The van der Waals surface area contributed by atoms with E-state index < -0.39 is 12.1 Å². The maximum absolute atomic E-state index is 12.5. The van der Waals surface area contributed by atoms with Crippen LogP contribution < -0.4 is 5.32 Å². The highest BCUT2D eigenvalue weighted by Gasteiger charge is 2.18. The number of esters is 1. The smallest absolute Gasteiger partial charge is 0.305 e. The Morgan fingerprint density at radius 1 is 0.318 bits per heavy atom. The second-order valence-electron chi connectivity index (χ2n) is 27.0. The molecule has 0 aliphatic heterocycles. The number of aliphatic hydroxyl groups excluding tert-OH is 2. The third kappa shape index (κ3) is 71.3. The van der Waals surface area contributed by atoms with Crippen LogP contribution in [0.2, 0.25) is 0 Å². The van der Waals surface area contributed by atoms with Crippen molar-refractivity contribution in [3.05, 3.63) is 24.3 Å². The predicted octanol–water partition coefficient (Wildman–Crippen LogP) is 25.7. The third-order valence-electron chi connectivity index (χ3n) is 18.5. The van der Waals surface area contributed by atoms with Crippen molar-refractivity contribution in [1.29, 1.82) is 0 Å². The molecule has 2 atom stereocenters. The highest BCUT2D eigenvalue weighted by molar-refractivity contribution is 5.76. The Bertz CT molecular complexity index is 1330. The van der Waals surface area contributed by atoms with E-state index >= 15 is 0 Å². The average Bonchev–Trinajstić information content (AvgIpc) is 3.51. The summed E-state index contributed by atoms with van der Waals surface area (Å²) in [6.07, 6.45) is 95.7. The first-order valence-corrected chi connectivity index (χ1v) is 39.1. The van der Waals surface area contributed by atoms with Crippen molar-refractivity contribution in [2.75, 3.05) is 13.2 Å². The largest absolute Gasteiger partial charge is 0.466 e. The van der Waals surface area contributed by atoms with E-state index in [-0.39, 0.29) is 18.5 Å². The van der Waals surface area contributed by atoms with E-state index in [0.29, 0.717) is 19.4 Å². The van der Waals surface area contributed by atoms with Gasteiger partial charge in [-0.2, -0.15) is 0 Å². The van der Waals surface area contributed by atoms with Crippen LogP contribution in [0.15, 0.2) is 24.3 Å². The molecule has 3 N–H and O–H groups in total. The van der Waals surface area contributed by atoms with Gasteiger partial charge in [0.05, 0.1) is 25.4 Å². The molecule has 0 aromatic rings. The highest BCUT2D eigenvalue weighted by Crippen LogP contribution is 2.20. The molecule has 0 aromatic carbocycles. The molecule has 85 heavy (non-hydrogen) atoms. The molecule has 0 saturated heterocycles. The molecular formula is C79H153NO5. The van der Waals surface area contributed by atoms with Gasteiger partial charge in [0.2, 0.25) is 5.91 Å². The van der Waals surface area contributed by atoms with Gasteiger partial charge in [0.15, 0.2) is 0 Å². The van der Waals surface area contributed by atoms with Gasteiger partial charge in [0, 0.05) is 12.8 Å². The van der Waals surface area contributed by atoms with Crippen molar-refractivity contribution in [2.24, 2.45) is 0 Å². The number of amides is 1. The molecule has 6 heteroatoms. The number of aliphatic hydroxyl groups is 2. The summed E-state index contributed by atoms with van der Waals surface area (Å²) in [6.45, 7) is 4.96. The van der Waals surface area contributed by atoms with Crippen molar-refractivity contribution < 1.29 is 24.5 Å². The molecule has 2 unspecified atom stereocenters. The van der Waals surface area contributed by atoms with E-state index in [1.54, 1.807) is 6.08 Å². The Labute approximate surface area is 532 Å². The Hall–Kier alpha value is -1.66. The van der Waals surface area contributed by atoms with Crippen LogP contribution in [0.3, 0.4) is 0 Å². The fourth-order valence-electron chi connectivity index (χ4n) is 12.5. The van der Waals surface area contributed by atoms with E-state index in [2.05, 4.69) is 31.3 Å². The Morgan fingerprint density at radius 3 is 0.835 bits per heavy atom. The van der Waals surface area contributed by atoms with Crippen LogP contribution in [0, 0.1) is 0 Å². The average molecular weight is 1200 g/mol. The molecule has 0 aliphatic carbocycles. The summed E-state index contributed by atoms with van der Waals surface area (Å²) in [7, 11) is 0. The third-order valence-corrected chi connectivity index (χ3v) is 18.5. The summed E-state index contributed by atoms with van der Waals surface area (Å²) in [5, 5.41) is 23.3. The predicted molar refractivity (Wildman–Crippen MR) is 375 cm³/mol. The number of carbonyl (C=O) groups excluding carboxylic acids is 2. The summed E-state index contributed by atoms with van der Waals surface area (Å²) in [4.78, 5) is 24.7. The fraction of sp³-hybridized carbons (Fsp3) is 0.924. The van der Waals surface area contributed by atoms with Crippen molar-refractivity contribution >= 4 is 11.9 Å². The summed E-state index contributed by atoms with van der Waals surface area (Å²) < 4.78 is 5.52. The van der Waals surface area contributed by atoms with Crippen LogP contribution in [0.25, 0.3) is 0 Å². The first-order valence-electron chi connectivity index (χ1n) is 39.1. The minimum absolute atomic E-state index is 0.0207. The molecule has 504 valence electrons. The molecule has 0 fully saturated rings. The number of hydrogen-bond acceptors (Lipinski definition) is 5. The van der Waals surface area contributed by atoms with Gasteiger partial charge in [0.25, 0.3) is 0 Å². The lowest BCUT2D eigenvalue weighted by atomic mass is 10.0. The minimum atomic E-state index is -0.846. The molecule has 6 nitrogen and oxygen atoms in total. The first kappa shape index (κ1) is 83.3. The van der Waals surface area contributed by atoms with Gasteiger partial charge in [-0.05, 0) is 57.8 Å². The van der Waals surface area contributed by atoms with E-state index in [1.807, 2.05) is 6.08 Å². The van der Waals surface area contributed by atoms with Gasteiger partial charge in [-0.3, -0.25) is 9.59 Å². The number of nitrogens with one attached hydrogen (secondary N) is 1. The molecular weight excluding hydrogens is 1040 g/mol. The molecule has 0 rings (SSSR count). The van der Waals surface area contributed by atoms with E-state index in [1.165, 1.54) is 379 Å². The normalized spacial score (nSPS) is 12.6.